The third kappa shape index (κ3) is 4.49. The summed E-state index contributed by atoms with van der Waals surface area (Å²) in [6.45, 7) is 7.20. The van der Waals surface area contributed by atoms with Crippen LogP contribution in [0.25, 0.3) is 0 Å². The van der Waals surface area contributed by atoms with E-state index in [1.165, 1.54) is 0 Å². The van der Waals surface area contributed by atoms with Crippen molar-refractivity contribution >= 4 is 33.4 Å². The molecule has 2 aromatic rings. The van der Waals surface area contributed by atoms with Crippen LogP contribution >= 0.6 is 15.9 Å². The highest BCUT2D eigenvalue weighted by Gasteiger charge is 2.03. The maximum atomic E-state index is 4.48. The molecule has 0 bridgehead atoms. The molecule has 0 aliphatic rings. The van der Waals surface area contributed by atoms with Gasteiger partial charge in [-0.15, -0.1) is 0 Å². The van der Waals surface area contributed by atoms with Crippen LogP contribution in [0.5, 0.6) is 0 Å². The van der Waals surface area contributed by atoms with Gasteiger partial charge in [-0.05, 0) is 37.1 Å². The van der Waals surface area contributed by atoms with E-state index in [0.717, 1.165) is 28.2 Å². The van der Waals surface area contributed by atoms with Gasteiger partial charge in [0.25, 0.3) is 0 Å². The molecule has 2 N–H and O–H groups in total. The van der Waals surface area contributed by atoms with Crippen molar-refractivity contribution in [2.75, 3.05) is 17.2 Å². The first-order valence-electron chi connectivity index (χ1n) is 6.65. The Hall–Kier alpha value is -1.62. The van der Waals surface area contributed by atoms with E-state index in [9.17, 15) is 0 Å². The first-order chi connectivity index (χ1) is 9.52. The molecule has 20 heavy (non-hydrogen) atoms. The summed E-state index contributed by atoms with van der Waals surface area (Å²) in [6, 6.07) is 9.88. The predicted molar refractivity (Wildman–Crippen MR) is 87.5 cm³/mol. The minimum absolute atomic E-state index is 0.577. The molecule has 1 aromatic heterocycles. The number of aryl methyl sites for hydroxylation is 1. The lowest BCUT2D eigenvalue weighted by Gasteiger charge is -2.11. The van der Waals surface area contributed by atoms with Gasteiger partial charge in [-0.2, -0.15) is 4.98 Å². The van der Waals surface area contributed by atoms with Gasteiger partial charge in [0, 0.05) is 28.5 Å². The van der Waals surface area contributed by atoms with E-state index in [-0.39, 0.29) is 0 Å². The minimum Gasteiger partial charge on any atom is -0.370 e. The van der Waals surface area contributed by atoms with Crippen molar-refractivity contribution in [1.82, 2.24) is 9.97 Å². The number of nitrogens with zero attached hydrogens (tertiary/aromatic N) is 2. The number of anilines is 3. The number of aromatic nitrogens is 2. The first kappa shape index (κ1) is 14.8. The van der Waals surface area contributed by atoms with Gasteiger partial charge in [-0.25, -0.2) is 4.98 Å². The fourth-order valence-corrected chi connectivity index (χ4v) is 1.95. The molecule has 0 saturated carbocycles. The minimum atomic E-state index is 0.577. The Bertz CT molecular complexity index is 567. The summed E-state index contributed by atoms with van der Waals surface area (Å²) in [6.07, 6.45) is 0. The van der Waals surface area contributed by atoms with E-state index in [4.69, 9.17) is 0 Å². The van der Waals surface area contributed by atoms with Crippen LogP contribution in [-0.4, -0.2) is 16.5 Å². The summed E-state index contributed by atoms with van der Waals surface area (Å²) < 4.78 is 1.05. The smallest absolute Gasteiger partial charge is 0.229 e. The van der Waals surface area contributed by atoms with Crippen LogP contribution in [0.1, 0.15) is 19.5 Å². The zero-order valence-electron chi connectivity index (χ0n) is 11.9. The average molecular weight is 335 g/mol. The first-order valence-corrected chi connectivity index (χ1v) is 7.44. The molecule has 2 rings (SSSR count). The molecule has 1 aromatic carbocycles. The quantitative estimate of drug-likeness (QED) is 0.852. The molecule has 0 radical (unpaired) electrons. The lowest BCUT2D eigenvalue weighted by molar-refractivity contribution is 0.687. The normalized spacial score (nSPS) is 10.7. The van der Waals surface area contributed by atoms with Crippen molar-refractivity contribution < 1.29 is 0 Å². The zero-order valence-corrected chi connectivity index (χ0v) is 13.5. The van der Waals surface area contributed by atoms with Gasteiger partial charge >= 0.3 is 0 Å². The third-order valence-electron chi connectivity index (χ3n) is 2.65. The molecule has 0 atom stereocenters. The zero-order chi connectivity index (χ0) is 14.5. The van der Waals surface area contributed by atoms with Gasteiger partial charge in [0.1, 0.15) is 5.82 Å². The van der Waals surface area contributed by atoms with E-state index in [0.29, 0.717) is 11.9 Å². The van der Waals surface area contributed by atoms with Gasteiger partial charge < -0.3 is 10.6 Å². The molecule has 106 valence electrons. The van der Waals surface area contributed by atoms with Gasteiger partial charge in [0.05, 0.1) is 0 Å². The second kappa shape index (κ2) is 6.70. The van der Waals surface area contributed by atoms with E-state index >= 15 is 0 Å². The SMILES string of the molecule is Cc1cc(NCC(C)C)nc(Nc2ccc(Br)cc2)n1. The van der Waals surface area contributed by atoms with Crippen LogP contribution in [0.3, 0.4) is 0 Å². The standard InChI is InChI=1S/C15H19BrN4/c1-10(2)9-17-14-8-11(3)18-15(20-14)19-13-6-4-12(16)5-7-13/h4-8,10H,9H2,1-3H3,(H2,17,18,19,20). The monoisotopic (exact) mass is 334 g/mol. The van der Waals surface area contributed by atoms with Crippen LogP contribution in [0.2, 0.25) is 0 Å². The Labute approximate surface area is 128 Å². The number of benzene rings is 1. The molecule has 0 spiro atoms. The highest BCUT2D eigenvalue weighted by molar-refractivity contribution is 9.10. The molecule has 0 aliphatic carbocycles. The lowest BCUT2D eigenvalue weighted by Crippen LogP contribution is -2.10. The van der Waals surface area contributed by atoms with Gasteiger partial charge in [-0.1, -0.05) is 29.8 Å². The van der Waals surface area contributed by atoms with Crippen molar-refractivity contribution in [2.45, 2.75) is 20.8 Å². The topological polar surface area (TPSA) is 49.8 Å². The Kier molecular flexibility index (Phi) is 4.95. The number of rotatable bonds is 5. The van der Waals surface area contributed by atoms with E-state index in [1.807, 2.05) is 37.3 Å². The van der Waals surface area contributed by atoms with Crippen molar-refractivity contribution in [3.63, 3.8) is 0 Å². The van der Waals surface area contributed by atoms with Gasteiger partial charge in [0.15, 0.2) is 0 Å². The van der Waals surface area contributed by atoms with Crippen LogP contribution < -0.4 is 10.6 Å². The summed E-state index contributed by atoms with van der Waals surface area (Å²) in [5.74, 6) is 2.04. The molecule has 1 heterocycles. The number of hydrogen-bond donors (Lipinski definition) is 2. The predicted octanol–water partition coefficient (Wildman–Crippen LogP) is 4.36. The third-order valence-corrected chi connectivity index (χ3v) is 3.17. The van der Waals surface area contributed by atoms with Crippen molar-refractivity contribution in [1.29, 1.82) is 0 Å². The fourth-order valence-electron chi connectivity index (χ4n) is 1.69. The highest BCUT2D eigenvalue weighted by Crippen LogP contribution is 2.18. The Morgan fingerprint density at radius 1 is 1.15 bits per heavy atom. The molecule has 0 unspecified atom stereocenters. The summed E-state index contributed by atoms with van der Waals surface area (Å²) in [4.78, 5) is 8.88. The van der Waals surface area contributed by atoms with Crippen molar-refractivity contribution in [3.8, 4) is 0 Å². The number of hydrogen-bond acceptors (Lipinski definition) is 4. The Morgan fingerprint density at radius 2 is 1.85 bits per heavy atom. The summed E-state index contributed by atoms with van der Waals surface area (Å²) >= 11 is 3.42. The summed E-state index contributed by atoms with van der Waals surface area (Å²) in [5, 5.41) is 6.54. The van der Waals surface area contributed by atoms with Crippen LogP contribution in [0.15, 0.2) is 34.8 Å². The maximum absolute atomic E-state index is 4.48. The van der Waals surface area contributed by atoms with E-state index in [2.05, 4.69) is 50.4 Å². The lowest BCUT2D eigenvalue weighted by atomic mass is 10.2. The molecule has 0 aliphatic heterocycles. The van der Waals surface area contributed by atoms with Crippen LogP contribution in [0.4, 0.5) is 17.5 Å². The molecule has 0 saturated heterocycles. The Morgan fingerprint density at radius 3 is 2.50 bits per heavy atom. The molecule has 0 fully saturated rings. The number of halogens is 1. The molecular formula is C15H19BrN4. The average Bonchev–Trinajstić information content (AvgIpc) is 2.38. The molecule has 4 nitrogen and oxygen atoms in total. The maximum Gasteiger partial charge on any atom is 0.229 e. The van der Waals surface area contributed by atoms with Crippen molar-refractivity contribution in [3.05, 3.63) is 40.5 Å². The summed E-state index contributed by atoms with van der Waals surface area (Å²) in [5.41, 5.74) is 1.90. The van der Waals surface area contributed by atoms with Crippen LogP contribution in [0, 0.1) is 12.8 Å². The molecule has 5 heteroatoms. The van der Waals surface area contributed by atoms with Crippen molar-refractivity contribution in [2.24, 2.45) is 5.92 Å². The van der Waals surface area contributed by atoms with Gasteiger partial charge in [-0.3, -0.25) is 0 Å². The van der Waals surface area contributed by atoms with Crippen LogP contribution in [-0.2, 0) is 0 Å². The number of nitrogens with one attached hydrogen (secondary N) is 2. The molecular weight excluding hydrogens is 316 g/mol. The Balaban J connectivity index is 2.13. The van der Waals surface area contributed by atoms with E-state index < -0.39 is 0 Å². The van der Waals surface area contributed by atoms with E-state index in [1.54, 1.807) is 0 Å². The second-order valence-corrected chi connectivity index (χ2v) is 6.04. The summed E-state index contributed by atoms with van der Waals surface area (Å²) in [7, 11) is 0. The highest BCUT2D eigenvalue weighted by atomic mass is 79.9. The molecule has 0 amide bonds. The van der Waals surface area contributed by atoms with Gasteiger partial charge in [0.2, 0.25) is 5.95 Å². The fraction of sp³-hybridized carbons (Fsp3) is 0.333. The largest absolute Gasteiger partial charge is 0.370 e. The second-order valence-electron chi connectivity index (χ2n) is 5.12.